The van der Waals surface area contributed by atoms with E-state index < -0.39 is 6.04 Å². The molecule has 1 aromatic heterocycles. The van der Waals surface area contributed by atoms with Gasteiger partial charge in [-0.25, -0.2) is 4.99 Å². The molecule has 1 N–H and O–H groups in total. The number of thiazole rings is 1. The lowest BCUT2D eigenvalue weighted by molar-refractivity contribution is -0.113. The number of hydrogen-bond acceptors (Lipinski definition) is 5. The van der Waals surface area contributed by atoms with Crippen LogP contribution in [0.4, 0.5) is 5.69 Å². The predicted molar refractivity (Wildman–Crippen MR) is 164 cm³/mol. The van der Waals surface area contributed by atoms with Gasteiger partial charge in [-0.05, 0) is 47.5 Å². The Morgan fingerprint density at radius 1 is 1.02 bits per heavy atom. The van der Waals surface area contributed by atoms with Gasteiger partial charge in [-0.3, -0.25) is 14.2 Å². The van der Waals surface area contributed by atoms with Crippen LogP contribution in [0.15, 0.2) is 118 Å². The summed E-state index contributed by atoms with van der Waals surface area (Å²) in [5.74, 6) is 2.79. The zero-order valence-corrected chi connectivity index (χ0v) is 23.0. The van der Waals surface area contributed by atoms with Crippen molar-refractivity contribution in [2.24, 2.45) is 4.99 Å². The van der Waals surface area contributed by atoms with Gasteiger partial charge in [0, 0.05) is 11.3 Å². The fraction of sp³-hybridized carbons (Fsp3) is 0.0882. The minimum Gasteiger partial charge on any atom is -0.480 e. The van der Waals surface area contributed by atoms with Crippen molar-refractivity contribution in [1.82, 2.24) is 4.57 Å². The molecule has 5 aromatic rings. The first-order valence-corrected chi connectivity index (χ1v) is 13.9. The third-order valence-electron chi connectivity index (χ3n) is 6.93. The van der Waals surface area contributed by atoms with Gasteiger partial charge in [0.25, 0.3) is 11.5 Å². The molecule has 1 amide bonds. The number of nitrogens with zero attached hydrogens (tertiary/aromatic N) is 2. The highest BCUT2D eigenvalue weighted by atomic mass is 32.1. The molecule has 1 atom stereocenters. The second kappa shape index (κ2) is 11.1. The van der Waals surface area contributed by atoms with Crippen LogP contribution in [-0.2, 0) is 4.79 Å². The molecule has 1 aliphatic rings. The molecule has 41 heavy (non-hydrogen) atoms. The number of aromatic nitrogens is 1. The summed E-state index contributed by atoms with van der Waals surface area (Å²) in [6.07, 6.45) is 7.30. The van der Waals surface area contributed by atoms with Gasteiger partial charge >= 0.3 is 0 Å². The van der Waals surface area contributed by atoms with Crippen LogP contribution in [0.25, 0.3) is 16.8 Å². The minimum absolute atomic E-state index is 0.105. The molecule has 6 nitrogen and oxygen atoms in total. The summed E-state index contributed by atoms with van der Waals surface area (Å²) in [5, 5.41) is 4.92. The number of benzene rings is 4. The van der Waals surface area contributed by atoms with Crippen LogP contribution in [0.3, 0.4) is 0 Å². The molecule has 1 aliphatic heterocycles. The molecular weight excluding hydrogens is 530 g/mol. The SMILES string of the molecule is C#CCOc1ccc2ccccc2c1/C=c1\sc2n(c1=O)[C@H](c1ccccc1)C(C(=O)Nc1ccccc1)=C(C)N=2. The number of hydrogen-bond donors (Lipinski definition) is 1. The van der Waals surface area contributed by atoms with Crippen LogP contribution in [0.5, 0.6) is 5.75 Å². The second-order valence-corrected chi connectivity index (χ2v) is 10.5. The van der Waals surface area contributed by atoms with E-state index >= 15 is 0 Å². The number of nitrogens with one attached hydrogen (secondary N) is 1. The summed E-state index contributed by atoms with van der Waals surface area (Å²) in [5.41, 5.74) is 2.98. The molecule has 0 aliphatic carbocycles. The van der Waals surface area contributed by atoms with E-state index in [2.05, 4.69) is 11.2 Å². The predicted octanol–water partition coefficient (Wildman–Crippen LogP) is 5.04. The maximum Gasteiger partial charge on any atom is 0.271 e. The third-order valence-corrected chi connectivity index (χ3v) is 7.91. The van der Waals surface area contributed by atoms with Crippen molar-refractivity contribution in [3.63, 3.8) is 0 Å². The van der Waals surface area contributed by atoms with Crippen molar-refractivity contribution in [3.05, 3.63) is 139 Å². The van der Waals surface area contributed by atoms with E-state index in [1.165, 1.54) is 11.3 Å². The summed E-state index contributed by atoms with van der Waals surface area (Å²) >= 11 is 1.28. The van der Waals surface area contributed by atoms with Crippen molar-refractivity contribution in [2.45, 2.75) is 13.0 Å². The maximum atomic E-state index is 14.2. The van der Waals surface area contributed by atoms with Gasteiger partial charge in [-0.15, -0.1) is 6.42 Å². The Morgan fingerprint density at radius 3 is 2.49 bits per heavy atom. The average Bonchev–Trinajstić information content (AvgIpc) is 3.30. The third kappa shape index (κ3) is 4.97. The Labute approximate surface area is 240 Å². The topological polar surface area (TPSA) is 72.7 Å². The van der Waals surface area contributed by atoms with Crippen LogP contribution >= 0.6 is 11.3 Å². The lowest BCUT2D eigenvalue weighted by Crippen LogP contribution is -2.40. The Hall–Kier alpha value is -5.19. The number of rotatable bonds is 6. The number of para-hydroxylation sites is 1. The number of amides is 1. The molecule has 7 heteroatoms. The molecule has 0 bridgehead atoms. The quantitative estimate of drug-likeness (QED) is 0.299. The van der Waals surface area contributed by atoms with E-state index in [-0.39, 0.29) is 18.1 Å². The first-order valence-electron chi connectivity index (χ1n) is 13.1. The van der Waals surface area contributed by atoms with Crippen molar-refractivity contribution >= 4 is 39.8 Å². The monoisotopic (exact) mass is 555 g/mol. The molecule has 200 valence electrons. The number of carbonyl (C=O) groups is 1. The van der Waals surface area contributed by atoms with Gasteiger partial charge < -0.3 is 10.1 Å². The van der Waals surface area contributed by atoms with Crippen molar-refractivity contribution in [1.29, 1.82) is 0 Å². The molecule has 4 aromatic carbocycles. The summed E-state index contributed by atoms with van der Waals surface area (Å²) in [7, 11) is 0. The summed E-state index contributed by atoms with van der Waals surface area (Å²) < 4.78 is 7.96. The average molecular weight is 556 g/mol. The standard InChI is InChI=1S/C34H25N3O3S/c1-3-20-40-28-19-18-23-12-10-11-17-26(23)27(28)21-29-33(39)37-31(24-13-6-4-7-14-24)30(22(2)35-34(37)41-29)32(38)36-25-15-8-5-9-16-25/h1,4-19,21,31H,20H2,2H3,(H,36,38)/b29-21-/t31-/m1/s1. The number of carbonyl (C=O) groups excluding carboxylic acids is 1. The van der Waals surface area contributed by atoms with E-state index in [0.717, 1.165) is 21.9 Å². The lowest BCUT2D eigenvalue weighted by atomic mass is 9.95. The zero-order chi connectivity index (χ0) is 28.3. The Bertz CT molecular complexity index is 2030. The van der Waals surface area contributed by atoms with Gasteiger partial charge in [0.1, 0.15) is 12.4 Å². The normalized spacial score (nSPS) is 14.7. The Balaban J connectivity index is 1.54. The molecule has 0 saturated carbocycles. The fourth-order valence-electron chi connectivity index (χ4n) is 5.08. The van der Waals surface area contributed by atoms with Crippen molar-refractivity contribution in [2.75, 3.05) is 11.9 Å². The highest BCUT2D eigenvalue weighted by molar-refractivity contribution is 7.07. The van der Waals surface area contributed by atoms with Crippen LogP contribution < -0.4 is 24.9 Å². The van der Waals surface area contributed by atoms with Crippen LogP contribution in [0, 0.1) is 12.3 Å². The Morgan fingerprint density at radius 2 is 1.73 bits per heavy atom. The lowest BCUT2D eigenvalue weighted by Gasteiger charge is -2.25. The van der Waals surface area contributed by atoms with E-state index in [9.17, 15) is 9.59 Å². The van der Waals surface area contributed by atoms with E-state index in [4.69, 9.17) is 16.2 Å². The molecule has 2 heterocycles. The summed E-state index contributed by atoms with van der Waals surface area (Å²) in [6.45, 7) is 1.91. The first kappa shape index (κ1) is 26.1. The molecular formula is C34H25N3O3S. The molecule has 6 rings (SSSR count). The van der Waals surface area contributed by atoms with Crippen LogP contribution in [-0.4, -0.2) is 17.1 Å². The summed E-state index contributed by atoms with van der Waals surface area (Å²) in [6, 6.07) is 29.9. The van der Waals surface area contributed by atoms with Crippen molar-refractivity contribution < 1.29 is 9.53 Å². The number of ether oxygens (including phenoxy) is 1. The van der Waals surface area contributed by atoms with E-state index in [1.54, 1.807) is 4.57 Å². The number of fused-ring (bicyclic) bond motifs is 2. The van der Waals surface area contributed by atoms with Crippen LogP contribution in [0.1, 0.15) is 24.1 Å². The molecule has 0 saturated heterocycles. The van der Waals surface area contributed by atoms with E-state index in [0.29, 0.717) is 32.0 Å². The fourth-order valence-corrected chi connectivity index (χ4v) is 6.11. The zero-order valence-electron chi connectivity index (χ0n) is 22.2. The molecule has 0 fully saturated rings. The smallest absolute Gasteiger partial charge is 0.271 e. The van der Waals surface area contributed by atoms with Crippen LogP contribution in [0.2, 0.25) is 0 Å². The largest absolute Gasteiger partial charge is 0.480 e. The first-order chi connectivity index (χ1) is 20.0. The van der Waals surface area contributed by atoms with Crippen molar-refractivity contribution in [3.8, 4) is 18.1 Å². The van der Waals surface area contributed by atoms with Gasteiger partial charge in [0.05, 0.1) is 21.8 Å². The summed E-state index contributed by atoms with van der Waals surface area (Å²) in [4.78, 5) is 33.1. The van der Waals surface area contributed by atoms with Gasteiger partial charge in [0.15, 0.2) is 4.80 Å². The maximum absolute atomic E-state index is 14.2. The highest BCUT2D eigenvalue weighted by Crippen LogP contribution is 2.31. The highest BCUT2D eigenvalue weighted by Gasteiger charge is 2.32. The Kier molecular flexibility index (Phi) is 7.07. The number of anilines is 1. The minimum atomic E-state index is -0.650. The second-order valence-electron chi connectivity index (χ2n) is 9.50. The molecule has 0 radical (unpaired) electrons. The number of allylic oxidation sites excluding steroid dienone is 1. The van der Waals surface area contributed by atoms with Gasteiger partial charge in [-0.2, -0.15) is 0 Å². The number of terminal acetylenes is 1. The van der Waals surface area contributed by atoms with E-state index in [1.807, 2.05) is 110 Å². The van der Waals surface area contributed by atoms with Gasteiger partial charge in [-0.1, -0.05) is 96.1 Å². The molecule has 0 unspecified atom stereocenters. The van der Waals surface area contributed by atoms with Gasteiger partial charge in [0.2, 0.25) is 0 Å². The molecule has 0 spiro atoms.